The number of rotatable bonds is 2. The molecular weight excluding hydrogens is 287 g/mol. The minimum atomic E-state index is -0.169. The fourth-order valence-corrected chi connectivity index (χ4v) is 3.93. The van der Waals surface area contributed by atoms with Crippen LogP contribution in [-0.2, 0) is 6.42 Å². The zero-order valence-electron chi connectivity index (χ0n) is 13.2. The molecule has 2 unspecified atom stereocenters. The molecule has 3 heteroatoms. The third kappa shape index (κ3) is 2.76. The first-order chi connectivity index (χ1) is 11.3. The number of aromatic nitrogens is 2. The van der Waals surface area contributed by atoms with Crippen molar-refractivity contribution in [1.82, 2.24) is 9.55 Å². The highest BCUT2D eigenvalue weighted by atomic mass is 19.1. The van der Waals surface area contributed by atoms with E-state index in [2.05, 4.69) is 27.8 Å². The molecule has 23 heavy (non-hydrogen) atoms. The molecule has 1 aromatic carbocycles. The van der Waals surface area contributed by atoms with E-state index in [1.165, 1.54) is 29.7 Å². The monoisotopic (exact) mass is 308 g/mol. The lowest BCUT2D eigenvalue weighted by Gasteiger charge is -2.30. The van der Waals surface area contributed by atoms with Crippen molar-refractivity contribution in [2.75, 3.05) is 0 Å². The first-order valence-corrected chi connectivity index (χ1v) is 8.46. The van der Waals surface area contributed by atoms with Crippen molar-refractivity contribution in [3.63, 3.8) is 0 Å². The smallest absolute Gasteiger partial charge is 0.123 e. The van der Waals surface area contributed by atoms with Crippen LogP contribution in [0.1, 0.15) is 48.9 Å². The van der Waals surface area contributed by atoms with Gasteiger partial charge in [0.15, 0.2) is 0 Å². The summed E-state index contributed by atoms with van der Waals surface area (Å²) in [4.78, 5) is 4.37. The van der Waals surface area contributed by atoms with Gasteiger partial charge in [0.1, 0.15) is 5.82 Å². The van der Waals surface area contributed by atoms with E-state index in [0.29, 0.717) is 12.0 Å². The van der Waals surface area contributed by atoms with Gasteiger partial charge in [-0.3, -0.25) is 0 Å². The van der Waals surface area contributed by atoms with Crippen LogP contribution in [0.2, 0.25) is 0 Å². The summed E-state index contributed by atoms with van der Waals surface area (Å²) in [6.07, 6.45) is 16.3. The van der Waals surface area contributed by atoms with Crippen molar-refractivity contribution in [3.8, 4) is 0 Å². The van der Waals surface area contributed by atoms with Crippen LogP contribution < -0.4 is 0 Å². The van der Waals surface area contributed by atoms with E-state index >= 15 is 0 Å². The number of hydrogen-bond donors (Lipinski definition) is 0. The average Bonchev–Trinajstić information content (AvgIpc) is 2.95. The molecule has 2 aromatic rings. The van der Waals surface area contributed by atoms with Crippen LogP contribution in [0.15, 0.2) is 60.6 Å². The number of halogens is 1. The number of benzene rings is 1. The molecule has 0 radical (unpaired) electrons. The predicted molar refractivity (Wildman–Crippen MR) is 89.8 cm³/mol. The topological polar surface area (TPSA) is 17.8 Å². The summed E-state index contributed by atoms with van der Waals surface area (Å²) in [6, 6.07) is 7.37. The maximum absolute atomic E-state index is 13.3. The molecular formula is C20H21FN2. The van der Waals surface area contributed by atoms with Gasteiger partial charge >= 0.3 is 0 Å². The fraction of sp³-hybridized carbons (Fsp3) is 0.350. The number of aryl methyl sites for hydroxylation is 1. The fourth-order valence-electron chi connectivity index (χ4n) is 3.93. The maximum Gasteiger partial charge on any atom is 0.123 e. The Hall–Kier alpha value is -2.16. The van der Waals surface area contributed by atoms with Crippen LogP contribution in [0.4, 0.5) is 4.39 Å². The summed E-state index contributed by atoms with van der Waals surface area (Å²) in [5.41, 5.74) is 3.97. The Morgan fingerprint density at radius 3 is 2.87 bits per heavy atom. The summed E-state index contributed by atoms with van der Waals surface area (Å²) in [6.45, 7) is 0. The molecule has 0 saturated carbocycles. The van der Waals surface area contributed by atoms with Crippen LogP contribution in [0.5, 0.6) is 0 Å². The molecule has 0 fully saturated rings. The Balaban J connectivity index is 1.72. The highest BCUT2D eigenvalue weighted by molar-refractivity contribution is 5.37. The van der Waals surface area contributed by atoms with Crippen molar-refractivity contribution < 1.29 is 4.39 Å². The molecule has 0 N–H and O–H groups in total. The van der Waals surface area contributed by atoms with Crippen LogP contribution in [0.3, 0.4) is 0 Å². The molecule has 2 heterocycles. The van der Waals surface area contributed by atoms with Gasteiger partial charge in [0.05, 0.1) is 12.4 Å². The highest BCUT2D eigenvalue weighted by Gasteiger charge is 2.28. The second-order valence-electron chi connectivity index (χ2n) is 6.49. The third-order valence-electron chi connectivity index (χ3n) is 5.10. The van der Waals surface area contributed by atoms with Gasteiger partial charge in [0.25, 0.3) is 0 Å². The molecule has 1 aromatic heterocycles. The number of nitrogens with zero attached hydrogens (tertiary/aromatic N) is 2. The van der Waals surface area contributed by atoms with Gasteiger partial charge < -0.3 is 4.57 Å². The number of imidazole rings is 1. The molecule has 118 valence electrons. The lowest BCUT2D eigenvalue weighted by molar-refractivity contribution is 0.492. The summed E-state index contributed by atoms with van der Waals surface area (Å²) in [5.74, 6) is 0.163. The van der Waals surface area contributed by atoms with E-state index in [0.717, 1.165) is 19.3 Å². The molecule has 2 nitrogen and oxygen atoms in total. The van der Waals surface area contributed by atoms with E-state index in [1.54, 1.807) is 12.1 Å². The largest absolute Gasteiger partial charge is 0.327 e. The second-order valence-corrected chi connectivity index (χ2v) is 6.49. The summed E-state index contributed by atoms with van der Waals surface area (Å²) in [7, 11) is 0. The normalized spacial score (nSPS) is 24.0. The van der Waals surface area contributed by atoms with Crippen molar-refractivity contribution >= 4 is 0 Å². The third-order valence-corrected chi connectivity index (χ3v) is 5.10. The van der Waals surface area contributed by atoms with Crippen LogP contribution in [0.25, 0.3) is 0 Å². The quantitative estimate of drug-likeness (QED) is 0.766. The van der Waals surface area contributed by atoms with Crippen molar-refractivity contribution in [1.29, 1.82) is 0 Å². The van der Waals surface area contributed by atoms with E-state index in [9.17, 15) is 4.39 Å². The van der Waals surface area contributed by atoms with E-state index in [-0.39, 0.29) is 5.82 Å². The minimum Gasteiger partial charge on any atom is -0.327 e. The molecule has 2 aliphatic rings. The molecule has 4 rings (SSSR count). The van der Waals surface area contributed by atoms with Gasteiger partial charge in [-0.1, -0.05) is 36.8 Å². The van der Waals surface area contributed by atoms with Gasteiger partial charge in [-0.2, -0.15) is 0 Å². The van der Waals surface area contributed by atoms with Gasteiger partial charge in [0, 0.05) is 17.8 Å². The lowest BCUT2D eigenvalue weighted by atomic mass is 9.80. The maximum atomic E-state index is 13.3. The highest BCUT2D eigenvalue weighted by Crippen LogP contribution is 2.41. The first kappa shape index (κ1) is 14.4. The SMILES string of the molecule is Fc1ccc(C2CC=CC=C2C2CCCCc3cncn32)cc1. The molecule has 0 amide bonds. The van der Waals surface area contributed by atoms with Crippen molar-refractivity contribution in [2.45, 2.75) is 44.1 Å². The average molecular weight is 308 g/mol. The Labute approximate surface area is 136 Å². The van der Waals surface area contributed by atoms with E-state index < -0.39 is 0 Å². The summed E-state index contributed by atoms with van der Waals surface area (Å²) < 4.78 is 15.6. The van der Waals surface area contributed by atoms with Crippen LogP contribution in [-0.4, -0.2) is 9.55 Å². The second kappa shape index (κ2) is 6.15. The Bertz CT molecular complexity index is 739. The molecule has 0 spiro atoms. The summed E-state index contributed by atoms with van der Waals surface area (Å²) >= 11 is 0. The number of fused-ring (bicyclic) bond motifs is 1. The molecule has 1 aliphatic heterocycles. The van der Waals surface area contributed by atoms with Gasteiger partial charge in [-0.05, 0) is 49.0 Å². The van der Waals surface area contributed by atoms with Crippen LogP contribution >= 0.6 is 0 Å². The zero-order valence-corrected chi connectivity index (χ0v) is 13.2. The van der Waals surface area contributed by atoms with Crippen molar-refractivity contribution in [3.05, 3.63) is 77.7 Å². The molecule has 0 saturated heterocycles. The molecule has 0 bridgehead atoms. The van der Waals surface area contributed by atoms with Crippen LogP contribution in [0, 0.1) is 5.82 Å². The van der Waals surface area contributed by atoms with Crippen molar-refractivity contribution in [2.24, 2.45) is 0 Å². The van der Waals surface area contributed by atoms with E-state index in [1.807, 2.05) is 24.7 Å². The van der Waals surface area contributed by atoms with Gasteiger partial charge in [-0.25, -0.2) is 9.37 Å². The number of allylic oxidation sites excluding steroid dienone is 4. The zero-order chi connectivity index (χ0) is 15.6. The standard InChI is InChI=1S/C20H21FN2/c21-16-11-9-15(10-12-16)18-6-2-3-7-19(18)20-8-4-1-5-17-13-22-14-23(17)20/h2-3,7,9-14,18,20H,1,4-6,8H2. The molecule has 2 atom stereocenters. The number of hydrogen-bond acceptors (Lipinski definition) is 1. The minimum absolute atomic E-state index is 0.169. The van der Waals surface area contributed by atoms with Gasteiger partial charge in [-0.15, -0.1) is 0 Å². The van der Waals surface area contributed by atoms with Gasteiger partial charge in [0.2, 0.25) is 0 Å². The lowest BCUT2D eigenvalue weighted by Crippen LogP contribution is -2.18. The van der Waals surface area contributed by atoms with E-state index in [4.69, 9.17) is 0 Å². The first-order valence-electron chi connectivity index (χ1n) is 8.46. The Kier molecular flexibility index (Phi) is 3.86. The molecule has 1 aliphatic carbocycles. The Morgan fingerprint density at radius 2 is 2.00 bits per heavy atom. The Morgan fingerprint density at radius 1 is 1.13 bits per heavy atom. The summed E-state index contributed by atoms with van der Waals surface area (Å²) in [5, 5.41) is 0. The predicted octanol–water partition coefficient (Wildman–Crippen LogP) is 4.96.